The number of rotatable bonds is 5. The number of aromatic nitrogens is 3. The van der Waals surface area contributed by atoms with Crippen LogP contribution in [0.1, 0.15) is 30.0 Å². The molecule has 5 heteroatoms. The molecule has 3 rings (SSSR count). The predicted octanol–water partition coefficient (Wildman–Crippen LogP) is 1.95. The summed E-state index contributed by atoms with van der Waals surface area (Å²) < 4.78 is 7.16. The lowest BCUT2D eigenvalue weighted by molar-refractivity contribution is 0.408. The van der Waals surface area contributed by atoms with Crippen molar-refractivity contribution in [3.8, 4) is 5.75 Å². The van der Waals surface area contributed by atoms with Crippen molar-refractivity contribution in [1.82, 2.24) is 20.3 Å². The van der Waals surface area contributed by atoms with Crippen molar-refractivity contribution < 1.29 is 4.74 Å². The Morgan fingerprint density at radius 2 is 2.40 bits per heavy atom. The standard InChI is InChI=1S/C15H20N4O/c1-20-13-5-6-14-12(11-13)3-2-4-15(14)16-7-9-19-10-8-17-18-19/h5-6,8,10-11,15-16H,2-4,7,9H2,1H3. The minimum atomic E-state index is 0.438. The highest BCUT2D eigenvalue weighted by Crippen LogP contribution is 2.31. The molecule has 1 aliphatic carbocycles. The van der Waals surface area contributed by atoms with Crippen molar-refractivity contribution in [2.45, 2.75) is 31.8 Å². The molecule has 1 heterocycles. The van der Waals surface area contributed by atoms with Gasteiger partial charge in [0.1, 0.15) is 5.75 Å². The average Bonchev–Trinajstić information content (AvgIpc) is 3.00. The summed E-state index contributed by atoms with van der Waals surface area (Å²) >= 11 is 0. The number of fused-ring (bicyclic) bond motifs is 1. The Hall–Kier alpha value is -1.88. The second-order valence-corrected chi connectivity index (χ2v) is 5.13. The summed E-state index contributed by atoms with van der Waals surface area (Å²) in [6, 6.07) is 6.85. The zero-order valence-corrected chi connectivity index (χ0v) is 11.7. The lowest BCUT2D eigenvalue weighted by atomic mass is 9.87. The quantitative estimate of drug-likeness (QED) is 0.904. The highest BCUT2D eigenvalue weighted by molar-refractivity contribution is 5.39. The number of hydrogen-bond donors (Lipinski definition) is 1. The van der Waals surface area contributed by atoms with Gasteiger partial charge in [-0.3, -0.25) is 4.68 Å². The van der Waals surface area contributed by atoms with E-state index in [4.69, 9.17) is 4.74 Å². The molecule has 0 saturated heterocycles. The van der Waals surface area contributed by atoms with Crippen LogP contribution in [0.25, 0.3) is 0 Å². The third-order valence-corrected chi connectivity index (χ3v) is 3.87. The number of hydrogen-bond acceptors (Lipinski definition) is 4. The lowest BCUT2D eigenvalue weighted by Gasteiger charge is -2.27. The molecule has 1 atom stereocenters. The highest BCUT2D eigenvalue weighted by atomic mass is 16.5. The molecule has 1 aromatic carbocycles. The largest absolute Gasteiger partial charge is 0.497 e. The van der Waals surface area contributed by atoms with E-state index in [1.807, 2.05) is 10.9 Å². The number of aryl methyl sites for hydroxylation is 1. The molecule has 0 bridgehead atoms. The number of ether oxygens (including phenoxy) is 1. The van der Waals surface area contributed by atoms with Gasteiger partial charge in [0.25, 0.3) is 0 Å². The van der Waals surface area contributed by atoms with Crippen molar-refractivity contribution >= 4 is 0 Å². The minimum Gasteiger partial charge on any atom is -0.497 e. The van der Waals surface area contributed by atoms with Gasteiger partial charge in [0.15, 0.2) is 0 Å². The number of benzene rings is 1. The first-order chi connectivity index (χ1) is 9.86. The fourth-order valence-corrected chi connectivity index (χ4v) is 2.84. The van der Waals surface area contributed by atoms with Crippen LogP contribution in [0.2, 0.25) is 0 Å². The van der Waals surface area contributed by atoms with Crippen LogP contribution >= 0.6 is 0 Å². The van der Waals surface area contributed by atoms with Crippen molar-refractivity contribution in [3.63, 3.8) is 0 Å². The van der Waals surface area contributed by atoms with Crippen molar-refractivity contribution in [2.75, 3.05) is 13.7 Å². The Balaban J connectivity index is 1.64. The maximum absolute atomic E-state index is 5.31. The molecule has 0 amide bonds. The summed E-state index contributed by atoms with van der Waals surface area (Å²) in [6.07, 6.45) is 7.16. The Kier molecular flexibility index (Phi) is 3.97. The van der Waals surface area contributed by atoms with Crippen LogP contribution in [0.5, 0.6) is 5.75 Å². The summed E-state index contributed by atoms with van der Waals surface area (Å²) in [5.41, 5.74) is 2.82. The van der Waals surface area contributed by atoms with E-state index in [-0.39, 0.29) is 0 Å². The molecule has 2 aromatic rings. The maximum Gasteiger partial charge on any atom is 0.119 e. The lowest BCUT2D eigenvalue weighted by Crippen LogP contribution is -2.28. The zero-order valence-electron chi connectivity index (χ0n) is 11.7. The van der Waals surface area contributed by atoms with E-state index in [9.17, 15) is 0 Å². The molecule has 1 aliphatic rings. The van der Waals surface area contributed by atoms with Gasteiger partial charge in [-0.15, -0.1) is 5.10 Å². The van der Waals surface area contributed by atoms with E-state index < -0.39 is 0 Å². The van der Waals surface area contributed by atoms with Crippen molar-refractivity contribution in [3.05, 3.63) is 41.7 Å². The maximum atomic E-state index is 5.31. The number of methoxy groups -OCH3 is 1. The van der Waals surface area contributed by atoms with Crippen LogP contribution in [0, 0.1) is 0 Å². The highest BCUT2D eigenvalue weighted by Gasteiger charge is 2.19. The molecule has 5 nitrogen and oxygen atoms in total. The zero-order chi connectivity index (χ0) is 13.8. The second kappa shape index (κ2) is 6.05. The van der Waals surface area contributed by atoms with Crippen LogP contribution in [0.4, 0.5) is 0 Å². The molecule has 1 aromatic heterocycles. The summed E-state index contributed by atoms with van der Waals surface area (Å²) in [7, 11) is 1.72. The van der Waals surface area contributed by atoms with Gasteiger partial charge in [-0.25, -0.2) is 0 Å². The molecular formula is C15H20N4O. The van der Waals surface area contributed by atoms with Crippen LogP contribution in [0.15, 0.2) is 30.6 Å². The topological polar surface area (TPSA) is 52.0 Å². The Bertz CT molecular complexity index is 553. The fraction of sp³-hybridized carbons (Fsp3) is 0.467. The van der Waals surface area contributed by atoms with Gasteiger partial charge in [-0.05, 0) is 42.5 Å². The molecule has 1 N–H and O–H groups in total. The third-order valence-electron chi connectivity index (χ3n) is 3.87. The SMILES string of the molecule is COc1ccc2c(c1)CCCC2NCCn1ccnn1. The van der Waals surface area contributed by atoms with Gasteiger partial charge in [0.2, 0.25) is 0 Å². The smallest absolute Gasteiger partial charge is 0.119 e. The molecule has 0 aliphatic heterocycles. The summed E-state index contributed by atoms with van der Waals surface area (Å²) in [6.45, 7) is 1.75. The van der Waals surface area contributed by atoms with Crippen molar-refractivity contribution in [1.29, 1.82) is 0 Å². The van der Waals surface area contributed by atoms with E-state index in [1.165, 1.54) is 24.0 Å². The average molecular weight is 272 g/mol. The Morgan fingerprint density at radius 3 is 3.20 bits per heavy atom. The second-order valence-electron chi connectivity index (χ2n) is 5.13. The van der Waals surface area contributed by atoms with E-state index in [0.717, 1.165) is 25.3 Å². The fourth-order valence-electron chi connectivity index (χ4n) is 2.84. The normalized spacial score (nSPS) is 17.8. The minimum absolute atomic E-state index is 0.438. The van der Waals surface area contributed by atoms with Gasteiger partial charge in [0.05, 0.1) is 19.9 Å². The first-order valence-electron chi connectivity index (χ1n) is 7.11. The third kappa shape index (κ3) is 2.82. The summed E-state index contributed by atoms with van der Waals surface area (Å²) in [5.74, 6) is 0.951. The monoisotopic (exact) mass is 272 g/mol. The van der Waals surface area contributed by atoms with E-state index >= 15 is 0 Å². The van der Waals surface area contributed by atoms with Gasteiger partial charge in [-0.2, -0.15) is 0 Å². The Labute approximate surface area is 118 Å². The molecule has 0 fully saturated rings. The predicted molar refractivity (Wildman–Crippen MR) is 76.7 cm³/mol. The van der Waals surface area contributed by atoms with Crippen molar-refractivity contribution in [2.24, 2.45) is 0 Å². The van der Waals surface area contributed by atoms with E-state index in [1.54, 1.807) is 13.3 Å². The van der Waals surface area contributed by atoms with Gasteiger partial charge in [0, 0.05) is 18.8 Å². The molecule has 20 heavy (non-hydrogen) atoms. The molecule has 0 radical (unpaired) electrons. The van der Waals surface area contributed by atoms with Crippen LogP contribution < -0.4 is 10.1 Å². The number of nitrogens with one attached hydrogen (secondary N) is 1. The molecule has 106 valence electrons. The van der Waals surface area contributed by atoms with E-state index in [0.29, 0.717) is 6.04 Å². The summed E-state index contributed by atoms with van der Waals surface area (Å²) in [5, 5.41) is 11.4. The van der Waals surface area contributed by atoms with Crippen LogP contribution in [-0.2, 0) is 13.0 Å². The van der Waals surface area contributed by atoms with Gasteiger partial charge >= 0.3 is 0 Å². The van der Waals surface area contributed by atoms with Crippen LogP contribution in [0.3, 0.4) is 0 Å². The molecule has 0 saturated carbocycles. The molecule has 0 spiro atoms. The number of nitrogens with zero attached hydrogens (tertiary/aromatic N) is 3. The molecular weight excluding hydrogens is 252 g/mol. The first kappa shape index (κ1) is 13.1. The molecule has 1 unspecified atom stereocenters. The Morgan fingerprint density at radius 1 is 1.45 bits per heavy atom. The van der Waals surface area contributed by atoms with Gasteiger partial charge in [-0.1, -0.05) is 11.3 Å². The van der Waals surface area contributed by atoms with Crippen LogP contribution in [-0.4, -0.2) is 28.6 Å². The first-order valence-corrected chi connectivity index (χ1v) is 7.11. The van der Waals surface area contributed by atoms with E-state index in [2.05, 4.69) is 33.8 Å². The van der Waals surface area contributed by atoms with Gasteiger partial charge < -0.3 is 10.1 Å². The summed E-state index contributed by atoms with van der Waals surface area (Å²) in [4.78, 5) is 0.